The quantitative estimate of drug-likeness (QED) is 0.213. The summed E-state index contributed by atoms with van der Waals surface area (Å²) in [6, 6.07) is -1.21. The van der Waals surface area contributed by atoms with Gasteiger partial charge in [-0.1, -0.05) is 45.8 Å². The molecule has 2 bridgehead atoms. The van der Waals surface area contributed by atoms with Crippen LogP contribution in [0.3, 0.4) is 0 Å². The SMILES string of the molecule is C=CCCOC(=O)[C@@H]1[C@H]2C(=O)N([C@@H](CO)[C@@H](C)CC)C(C(=O)N(CC=C)CCCC)C23CC[C@@]1(C)S3. The molecule has 1 N–H and O–H groups in total. The minimum atomic E-state index is -0.726. The molecule has 2 unspecified atom stereocenters. The number of esters is 1. The zero-order chi connectivity index (χ0) is 26.7. The molecule has 0 radical (unpaired) electrons. The molecule has 36 heavy (non-hydrogen) atoms. The highest BCUT2D eigenvalue weighted by atomic mass is 32.2. The van der Waals surface area contributed by atoms with Crippen LogP contribution in [0, 0.1) is 17.8 Å². The van der Waals surface area contributed by atoms with Crippen molar-refractivity contribution in [1.29, 1.82) is 0 Å². The number of ether oxygens (including phenoxy) is 1. The maximum Gasteiger partial charge on any atom is 0.311 e. The Morgan fingerprint density at radius 2 is 2.03 bits per heavy atom. The molecule has 3 heterocycles. The molecule has 3 rings (SSSR count). The van der Waals surface area contributed by atoms with Crippen molar-refractivity contribution in [1.82, 2.24) is 9.80 Å². The maximum absolute atomic E-state index is 14.3. The van der Waals surface area contributed by atoms with Crippen LogP contribution in [0.4, 0.5) is 0 Å². The smallest absolute Gasteiger partial charge is 0.311 e. The van der Waals surface area contributed by atoms with Gasteiger partial charge in [0.1, 0.15) is 6.04 Å². The zero-order valence-corrected chi connectivity index (χ0v) is 23.2. The Bertz CT molecular complexity index is 865. The van der Waals surface area contributed by atoms with E-state index in [4.69, 9.17) is 4.74 Å². The second-order valence-electron chi connectivity index (χ2n) is 10.8. The normalized spacial score (nSPS) is 32.2. The monoisotopic (exact) mass is 520 g/mol. The van der Waals surface area contributed by atoms with E-state index in [2.05, 4.69) is 20.1 Å². The first-order chi connectivity index (χ1) is 17.2. The van der Waals surface area contributed by atoms with Crippen LogP contribution < -0.4 is 0 Å². The van der Waals surface area contributed by atoms with Crippen LogP contribution in [0.5, 0.6) is 0 Å². The molecule has 3 aliphatic rings. The number of hydrogen-bond donors (Lipinski definition) is 1. The van der Waals surface area contributed by atoms with Gasteiger partial charge in [-0.3, -0.25) is 14.4 Å². The van der Waals surface area contributed by atoms with E-state index in [1.54, 1.807) is 33.7 Å². The first-order valence-corrected chi connectivity index (χ1v) is 14.3. The Morgan fingerprint density at radius 1 is 1.31 bits per heavy atom. The van der Waals surface area contributed by atoms with Gasteiger partial charge < -0.3 is 19.6 Å². The lowest BCUT2D eigenvalue weighted by Gasteiger charge is -2.41. The number of carbonyl (C=O) groups is 3. The minimum Gasteiger partial charge on any atom is -0.465 e. The van der Waals surface area contributed by atoms with Gasteiger partial charge in [0.2, 0.25) is 11.8 Å². The summed E-state index contributed by atoms with van der Waals surface area (Å²) in [5.41, 5.74) is 0. The van der Waals surface area contributed by atoms with Crippen molar-refractivity contribution >= 4 is 29.5 Å². The number of likely N-dealkylation sites (tertiary alicyclic amines) is 1. The fraction of sp³-hybridized carbons (Fsp3) is 0.750. The zero-order valence-electron chi connectivity index (χ0n) is 22.4. The number of fused-ring (bicyclic) bond motifs is 1. The Labute approximate surface area is 220 Å². The van der Waals surface area contributed by atoms with E-state index in [9.17, 15) is 19.5 Å². The minimum absolute atomic E-state index is 0.00347. The molecule has 8 heteroatoms. The van der Waals surface area contributed by atoms with Crippen molar-refractivity contribution in [2.75, 3.05) is 26.3 Å². The fourth-order valence-corrected chi connectivity index (χ4v) is 8.80. The lowest BCUT2D eigenvalue weighted by molar-refractivity contribution is -0.156. The number of nitrogens with zero attached hydrogens (tertiary/aromatic N) is 2. The molecule has 1 spiro atoms. The highest BCUT2D eigenvalue weighted by Gasteiger charge is 2.78. The number of amides is 2. The summed E-state index contributed by atoms with van der Waals surface area (Å²) in [4.78, 5) is 45.4. The summed E-state index contributed by atoms with van der Waals surface area (Å²) in [5, 5.41) is 10.4. The van der Waals surface area contributed by atoms with E-state index in [0.29, 0.717) is 25.9 Å². The maximum atomic E-state index is 14.3. The number of rotatable bonds is 14. The van der Waals surface area contributed by atoms with E-state index in [-0.39, 0.29) is 36.9 Å². The second kappa shape index (κ2) is 11.7. The Kier molecular flexibility index (Phi) is 9.36. The van der Waals surface area contributed by atoms with Crippen molar-refractivity contribution in [3.8, 4) is 0 Å². The van der Waals surface area contributed by atoms with E-state index < -0.39 is 33.4 Å². The lowest BCUT2D eigenvalue weighted by Crippen LogP contribution is -2.58. The molecule has 0 aromatic heterocycles. The number of hydrogen-bond acceptors (Lipinski definition) is 6. The van der Waals surface area contributed by atoms with Crippen LogP contribution >= 0.6 is 11.8 Å². The van der Waals surface area contributed by atoms with Crippen LogP contribution in [0.2, 0.25) is 0 Å². The van der Waals surface area contributed by atoms with Gasteiger partial charge in [0.15, 0.2) is 0 Å². The molecular weight excluding hydrogens is 476 g/mol. The highest BCUT2D eigenvalue weighted by Crippen LogP contribution is 2.72. The molecule has 202 valence electrons. The Morgan fingerprint density at radius 3 is 2.61 bits per heavy atom. The number of carbonyl (C=O) groups excluding carboxylic acids is 3. The van der Waals surface area contributed by atoms with Crippen molar-refractivity contribution in [2.45, 2.75) is 87.8 Å². The molecule has 0 aliphatic carbocycles. The molecule has 7 nitrogen and oxygen atoms in total. The molecule has 0 aromatic carbocycles. The summed E-state index contributed by atoms with van der Waals surface area (Å²) in [6.45, 7) is 16.7. The summed E-state index contributed by atoms with van der Waals surface area (Å²) in [5.74, 6) is -1.90. The molecule has 3 aliphatic heterocycles. The van der Waals surface area contributed by atoms with Gasteiger partial charge in [0.05, 0.1) is 35.8 Å². The first kappa shape index (κ1) is 28.8. The number of unbranched alkanes of at least 4 members (excludes halogenated alkanes) is 1. The second-order valence-corrected chi connectivity index (χ2v) is 12.7. The summed E-state index contributed by atoms with van der Waals surface area (Å²) in [6.07, 6.45) is 7.96. The lowest BCUT2D eigenvalue weighted by atomic mass is 9.66. The molecule has 7 atom stereocenters. The van der Waals surface area contributed by atoms with Crippen molar-refractivity contribution in [3.63, 3.8) is 0 Å². The average molecular weight is 521 g/mol. The van der Waals surface area contributed by atoms with E-state index in [1.165, 1.54) is 0 Å². The predicted octanol–water partition coefficient (Wildman–Crippen LogP) is 3.81. The van der Waals surface area contributed by atoms with Gasteiger partial charge >= 0.3 is 5.97 Å². The number of thioether (sulfide) groups is 1. The highest BCUT2D eigenvalue weighted by molar-refractivity contribution is 8.02. The largest absolute Gasteiger partial charge is 0.465 e. The van der Waals surface area contributed by atoms with Crippen LogP contribution in [0.15, 0.2) is 25.3 Å². The van der Waals surface area contributed by atoms with E-state index in [1.807, 2.05) is 20.8 Å². The summed E-state index contributed by atoms with van der Waals surface area (Å²) < 4.78 is 4.44. The third-order valence-corrected chi connectivity index (χ3v) is 10.5. The molecule has 3 fully saturated rings. The topological polar surface area (TPSA) is 87.1 Å². The van der Waals surface area contributed by atoms with Crippen LogP contribution in [0.25, 0.3) is 0 Å². The molecular formula is C28H44N2O5S. The van der Waals surface area contributed by atoms with E-state index in [0.717, 1.165) is 25.7 Å². The standard InChI is InChI=1S/C28H44N2O5S/c1-7-11-16-29(15-9-3)25(33)23-28-14-13-27(6,36-28)22(26(34)35-17-12-8-2)21(28)24(32)30(23)20(18-31)19(5)10-4/h8-9,19-23,31H,2-3,7,10-18H2,1,4-6H3/t19-,20-,21-,22-,23?,27+,28?/m0/s1. The third-order valence-electron chi connectivity index (χ3n) is 8.56. The van der Waals surface area contributed by atoms with Crippen molar-refractivity contribution in [3.05, 3.63) is 25.3 Å². The number of aliphatic hydroxyl groups is 1. The molecule has 2 amide bonds. The summed E-state index contributed by atoms with van der Waals surface area (Å²) in [7, 11) is 0. The number of aliphatic hydroxyl groups excluding tert-OH is 1. The average Bonchev–Trinajstić information content (AvgIpc) is 3.43. The van der Waals surface area contributed by atoms with E-state index >= 15 is 0 Å². The van der Waals surface area contributed by atoms with Gasteiger partial charge in [-0.05, 0) is 38.5 Å². The Hall–Kier alpha value is -1.80. The first-order valence-electron chi connectivity index (χ1n) is 13.5. The molecule has 0 saturated carbocycles. The predicted molar refractivity (Wildman–Crippen MR) is 143 cm³/mol. The van der Waals surface area contributed by atoms with Crippen LogP contribution in [0.1, 0.15) is 66.2 Å². The van der Waals surface area contributed by atoms with Crippen molar-refractivity contribution in [2.24, 2.45) is 17.8 Å². The van der Waals surface area contributed by atoms with Gasteiger partial charge in [-0.15, -0.1) is 24.9 Å². The van der Waals surface area contributed by atoms with Gasteiger partial charge in [0, 0.05) is 17.8 Å². The molecule has 0 aromatic rings. The Balaban J connectivity index is 2.09. The third kappa shape index (κ3) is 4.75. The van der Waals surface area contributed by atoms with Gasteiger partial charge in [0.25, 0.3) is 0 Å². The van der Waals surface area contributed by atoms with Gasteiger partial charge in [-0.25, -0.2) is 0 Å². The summed E-state index contributed by atoms with van der Waals surface area (Å²) >= 11 is 1.64. The molecule has 3 saturated heterocycles. The van der Waals surface area contributed by atoms with Crippen LogP contribution in [-0.2, 0) is 19.1 Å². The van der Waals surface area contributed by atoms with Crippen LogP contribution in [-0.4, -0.2) is 80.6 Å². The fourth-order valence-electron chi connectivity index (χ4n) is 6.47. The van der Waals surface area contributed by atoms with Gasteiger partial charge in [-0.2, -0.15) is 0 Å². The van der Waals surface area contributed by atoms with Crippen molar-refractivity contribution < 1.29 is 24.2 Å².